The zero-order valence-corrected chi connectivity index (χ0v) is 14.1. The van der Waals surface area contributed by atoms with Crippen LogP contribution in [0.3, 0.4) is 0 Å². The molecule has 0 unspecified atom stereocenters. The molecule has 0 bridgehead atoms. The third-order valence-electron chi connectivity index (χ3n) is 4.06. The van der Waals surface area contributed by atoms with Gasteiger partial charge in [-0.3, -0.25) is 4.79 Å². The lowest BCUT2D eigenvalue weighted by Gasteiger charge is -2.25. The van der Waals surface area contributed by atoms with Gasteiger partial charge in [0.1, 0.15) is 0 Å². The summed E-state index contributed by atoms with van der Waals surface area (Å²) in [6, 6.07) is 13.6. The summed E-state index contributed by atoms with van der Waals surface area (Å²) in [5.74, 6) is -0.113. The molecule has 1 aliphatic rings. The monoisotopic (exact) mass is 345 g/mol. The van der Waals surface area contributed by atoms with E-state index in [9.17, 15) is 4.79 Å². The molecule has 0 spiro atoms. The molecule has 0 saturated carbocycles. The van der Waals surface area contributed by atoms with Crippen molar-refractivity contribution in [2.75, 3.05) is 0 Å². The first-order chi connectivity index (χ1) is 11.1. The largest absolute Gasteiger partial charge is 0.346 e. The van der Waals surface area contributed by atoms with Crippen LogP contribution < -0.4 is 5.32 Å². The second-order valence-electron chi connectivity index (χ2n) is 5.65. The van der Waals surface area contributed by atoms with Crippen molar-refractivity contribution in [2.24, 2.45) is 0 Å². The van der Waals surface area contributed by atoms with E-state index in [1.165, 1.54) is 17.2 Å². The predicted octanol–water partition coefficient (Wildman–Crippen LogP) is 5.20. The molecule has 2 aromatic rings. The highest BCUT2D eigenvalue weighted by molar-refractivity contribution is 6.35. The molecule has 3 rings (SSSR count). The topological polar surface area (TPSA) is 29.1 Å². The van der Waals surface area contributed by atoms with Gasteiger partial charge in [-0.05, 0) is 54.2 Å². The summed E-state index contributed by atoms with van der Waals surface area (Å²) in [7, 11) is 0. The van der Waals surface area contributed by atoms with Crippen molar-refractivity contribution in [3.63, 3.8) is 0 Å². The zero-order chi connectivity index (χ0) is 16.2. The highest BCUT2D eigenvalue weighted by Gasteiger charge is 2.20. The van der Waals surface area contributed by atoms with Crippen LogP contribution in [0.2, 0.25) is 10.0 Å². The Morgan fingerprint density at radius 3 is 2.83 bits per heavy atom. The van der Waals surface area contributed by atoms with E-state index in [1.807, 2.05) is 12.1 Å². The zero-order valence-electron chi connectivity index (χ0n) is 12.6. The number of hydrogen-bond donors (Lipinski definition) is 1. The van der Waals surface area contributed by atoms with Gasteiger partial charge in [0.15, 0.2) is 0 Å². The van der Waals surface area contributed by atoms with E-state index < -0.39 is 0 Å². The number of aryl methyl sites for hydroxylation is 1. The number of rotatable bonds is 3. The summed E-state index contributed by atoms with van der Waals surface area (Å²) >= 11 is 12.0. The Balaban J connectivity index is 1.69. The van der Waals surface area contributed by atoms with Crippen molar-refractivity contribution in [3.05, 3.63) is 75.3 Å². The molecule has 1 atom stereocenters. The Bertz CT molecular complexity index is 755. The van der Waals surface area contributed by atoms with Crippen molar-refractivity contribution in [1.82, 2.24) is 5.32 Å². The summed E-state index contributed by atoms with van der Waals surface area (Å²) in [5, 5.41) is 4.19. The smallest absolute Gasteiger partial charge is 0.244 e. The van der Waals surface area contributed by atoms with Gasteiger partial charge >= 0.3 is 0 Å². The normalized spacial score (nSPS) is 17.0. The Morgan fingerprint density at radius 1 is 1.17 bits per heavy atom. The van der Waals surface area contributed by atoms with Gasteiger partial charge in [-0.2, -0.15) is 0 Å². The molecule has 0 saturated heterocycles. The minimum atomic E-state index is -0.113. The molecule has 0 aromatic heterocycles. The maximum absolute atomic E-state index is 12.2. The number of nitrogens with one attached hydrogen (secondary N) is 1. The summed E-state index contributed by atoms with van der Waals surface area (Å²) in [6.07, 6.45) is 6.38. The van der Waals surface area contributed by atoms with Crippen molar-refractivity contribution >= 4 is 35.2 Å². The fourth-order valence-electron chi connectivity index (χ4n) is 2.93. The molecular weight excluding hydrogens is 329 g/mol. The van der Waals surface area contributed by atoms with Gasteiger partial charge in [-0.25, -0.2) is 0 Å². The van der Waals surface area contributed by atoms with Crippen molar-refractivity contribution in [3.8, 4) is 0 Å². The number of benzene rings is 2. The van der Waals surface area contributed by atoms with Crippen LogP contribution in [0.4, 0.5) is 0 Å². The lowest BCUT2D eigenvalue weighted by molar-refractivity contribution is -0.117. The molecule has 1 N–H and O–H groups in total. The van der Waals surface area contributed by atoms with E-state index in [2.05, 4.69) is 17.4 Å². The lowest BCUT2D eigenvalue weighted by Crippen LogP contribution is -2.29. The molecule has 0 fully saturated rings. The minimum absolute atomic E-state index is 0.0813. The number of amides is 1. The summed E-state index contributed by atoms with van der Waals surface area (Å²) in [5.41, 5.74) is 3.33. The van der Waals surface area contributed by atoms with Gasteiger partial charge in [0.25, 0.3) is 0 Å². The number of carbonyl (C=O) groups excluding carboxylic acids is 1. The maximum Gasteiger partial charge on any atom is 0.244 e. The van der Waals surface area contributed by atoms with Crippen LogP contribution in [-0.2, 0) is 11.2 Å². The average molecular weight is 346 g/mol. The third-order valence-corrected chi connectivity index (χ3v) is 4.63. The van der Waals surface area contributed by atoms with Crippen LogP contribution in [0.5, 0.6) is 0 Å². The first-order valence-electron chi connectivity index (χ1n) is 7.65. The lowest BCUT2D eigenvalue weighted by atomic mass is 9.88. The molecular formula is C19H17Cl2NO. The van der Waals surface area contributed by atoms with Gasteiger partial charge in [0, 0.05) is 16.1 Å². The van der Waals surface area contributed by atoms with Crippen LogP contribution in [0, 0.1) is 0 Å². The quantitative estimate of drug-likeness (QED) is 0.761. The summed E-state index contributed by atoms with van der Waals surface area (Å²) in [6.45, 7) is 0. The minimum Gasteiger partial charge on any atom is -0.346 e. The van der Waals surface area contributed by atoms with Crippen molar-refractivity contribution in [2.45, 2.75) is 25.3 Å². The highest BCUT2D eigenvalue weighted by atomic mass is 35.5. The summed E-state index contributed by atoms with van der Waals surface area (Å²) < 4.78 is 0. The van der Waals surface area contributed by atoms with Crippen molar-refractivity contribution < 1.29 is 4.79 Å². The second-order valence-corrected chi connectivity index (χ2v) is 6.50. The van der Waals surface area contributed by atoms with Crippen molar-refractivity contribution in [1.29, 1.82) is 0 Å². The second kappa shape index (κ2) is 7.20. The number of carbonyl (C=O) groups is 1. The Kier molecular flexibility index (Phi) is 5.04. The first kappa shape index (κ1) is 16.1. The van der Waals surface area contributed by atoms with Crippen LogP contribution >= 0.6 is 23.2 Å². The predicted molar refractivity (Wildman–Crippen MR) is 95.8 cm³/mol. The van der Waals surface area contributed by atoms with Gasteiger partial charge in [0.2, 0.25) is 5.91 Å². The third kappa shape index (κ3) is 3.95. The number of halogens is 2. The van der Waals surface area contributed by atoms with Crippen LogP contribution in [-0.4, -0.2) is 5.91 Å². The standard InChI is InChI=1S/C19H17Cl2NO/c20-15-10-8-14(17(21)12-15)9-11-19(23)22-18-7-3-5-13-4-1-2-6-16(13)18/h1-2,4,6,8-12,18H,3,5,7H2,(H,22,23)/b11-9+/t18-/m1/s1. The van der Waals surface area contributed by atoms with Crippen LogP contribution in [0.15, 0.2) is 48.5 Å². The van der Waals surface area contributed by atoms with E-state index in [1.54, 1.807) is 24.3 Å². The van der Waals surface area contributed by atoms with E-state index in [0.717, 1.165) is 24.8 Å². The van der Waals surface area contributed by atoms with Gasteiger partial charge in [0.05, 0.1) is 6.04 Å². The van der Waals surface area contributed by atoms with Crippen LogP contribution in [0.1, 0.15) is 35.6 Å². The highest BCUT2D eigenvalue weighted by Crippen LogP contribution is 2.29. The molecule has 0 radical (unpaired) electrons. The SMILES string of the molecule is O=C(/C=C/c1ccc(Cl)cc1Cl)N[C@@H]1CCCc2ccccc21. The summed E-state index contributed by atoms with van der Waals surface area (Å²) in [4.78, 5) is 12.2. The molecule has 23 heavy (non-hydrogen) atoms. The number of hydrogen-bond acceptors (Lipinski definition) is 1. The molecule has 1 aliphatic carbocycles. The number of fused-ring (bicyclic) bond motifs is 1. The van der Waals surface area contributed by atoms with E-state index in [4.69, 9.17) is 23.2 Å². The maximum atomic E-state index is 12.2. The fourth-order valence-corrected chi connectivity index (χ4v) is 3.40. The molecule has 0 heterocycles. The molecule has 2 aromatic carbocycles. The fraction of sp³-hybridized carbons (Fsp3) is 0.211. The van der Waals surface area contributed by atoms with E-state index in [-0.39, 0.29) is 11.9 Å². The van der Waals surface area contributed by atoms with E-state index in [0.29, 0.717) is 10.0 Å². The Morgan fingerprint density at radius 2 is 2.00 bits per heavy atom. The first-order valence-corrected chi connectivity index (χ1v) is 8.40. The van der Waals surface area contributed by atoms with Gasteiger partial charge in [-0.15, -0.1) is 0 Å². The molecule has 118 valence electrons. The average Bonchev–Trinajstić information content (AvgIpc) is 2.54. The van der Waals surface area contributed by atoms with Gasteiger partial charge < -0.3 is 5.32 Å². The van der Waals surface area contributed by atoms with E-state index >= 15 is 0 Å². The van der Waals surface area contributed by atoms with Gasteiger partial charge in [-0.1, -0.05) is 53.5 Å². The molecule has 1 amide bonds. The van der Waals surface area contributed by atoms with Crippen LogP contribution in [0.25, 0.3) is 6.08 Å². The Hall–Kier alpha value is -1.77. The molecule has 4 heteroatoms. The molecule has 2 nitrogen and oxygen atoms in total. The Labute approximate surface area is 146 Å². The molecule has 0 aliphatic heterocycles.